The van der Waals surface area contributed by atoms with Crippen LogP contribution < -0.4 is 0 Å². The second-order valence-corrected chi connectivity index (χ2v) is 7.80. The van der Waals surface area contributed by atoms with Gasteiger partial charge in [0, 0.05) is 0 Å². The Hall–Kier alpha value is -0.260. The number of allylic oxidation sites excluding steroid dienone is 2. The molecule has 2 fully saturated rings. The van der Waals surface area contributed by atoms with E-state index in [4.69, 9.17) is 0 Å². The predicted octanol–water partition coefficient (Wildman–Crippen LogP) is 4.95. The van der Waals surface area contributed by atoms with E-state index in [0.717, 1.165) is 0 Å². The van der Waals surface area contributed by atoms with Crippen molar-refractivity contribution in [3.05, 3.63) is 11.6 Å². The maximum atomic E-state index is 2.57. The van der Waals surface area contributed by atoms with Gasteiger partial charge in [-0.3, -0.25) is 0 Å². The Morgan fingerprint density at radius 3 is 2.44 bits per heavy atom. The molecule has 3 rings (SSSR count). The Kier molecular flexibility index (Phi) is 1.76. The molecular weight excluding hydrogens is 192 g/mol. The van der Waals surface area contributed by atoms with Crippen molar-refractivity contribution in [1.82, 2.24) is 0 Å². The molecule has 3 aliphatic carbocycles. The lowest BCUT2D eigenvalue weighted by atomic mass is 9.48. The van der Waals surface area contributed by atoms with Crippen LogP contribution in [-0.4, -0.2) is 0 Å². The Bertz CT molecular complexity index is 375. The van der Waals surface area contributed by atoms with Crippen molar-refractivity contribution in [2.75, 3.05) is 0 Å². The van der Waals surface area contributed by atoms with Gasteiger partial charge < -0.3 is 0 Å². The van der Waals surface area contributed by atoms with Crippen molar-refractivity contribution in [3.63, 3.8) is 0 Å². The summed E-state index contributed by atoms with van der Waals surface area (Å²) in [5.74, 6) is 0. The Labute approximate surface area is 101 Å². The van der Waals surface area contributed by atoms with Gasteiger partial charge in [-0.2, -0.15) is 0 Å². The van der Waals surface area contributed by atoms with Gasteiger partial charge in [0.1, 0.15) is 0 Å². The minimum atomic E-state index is 0.532. The fraction of sp³-hybridized carbons (Fsp3) is 0.875. The van der Waals surface area contributed by atoms with Crippen molar-refractivity contribution in [3.8, 4) is 0 Å². The normalized spacial score (nSPS) is 53.7. The summed E-state index contributed by atoms with van der Waals surface area (Å²) in [7, 11) is 0. The lowest BCUT2D eigenvalue weighted by Gasteiger charge is -2.56. The molecule has 0 N–H and O–H groups in total. The maximum absolute atomic E-state index is 2.57. The summed E-state index contributed by atoms with van der Waals surface area (Å²) in [5, 5.41) is 0. The van der Waals surface area contributed by atoms with Crippen LogP contribution in [0.3, 0.4) is 0 Å². The van der Waals surface area contributed by atoms with Crippen LogP contribution in [0, 0.1) is 21.7 Å². The molecule has 0 heteroatoms. The Balaban J connectivity index is 2.17. The van der Waals surface area contributed by atoms with E-state index >= 15 is 0 Å². The first kappa shape index (κ1) is 10.9. The third-order valence-electron chi connectivity index (χ3n) is 6.88. The molecule has 3 atom stereocenters. The van der Waals surface area contributed by atoms with Crippen LogP contribution in [0.2, 0.25) is 0 Å². The van der Waals surface area contributed by atoms with Crippen LogP contribution in [0.4, 0.5) is 0 Å². The van der Waals surface area contributed by atoms with Crippen LogP contribution >= 0.6 is 0 Å². The summed E-state index contributed by atoms with van der Waals surface area (Å²) in [6, 6.07) is 0. The van der Waals surface area contributed by atoms with Crippen molar-refractivity contribution in [1.29, 1.82) is 0 Å². The van der Waals surface area contributed by atoms with E-state index in [9.17, 15) is 0 Å². The monoisotopic (exact) mass is 218 g/mol. The third-order valence-corrected chi connectivity index (χ3v) is 6.88. The van der Waals surface area contributed by atoms with Gasteiger partial charge in [-0.15, -0.1) is 0 Å². The van der Waals surface area contributed by atoms with Gasteiger partial charge >= 0.3 is 0 Å². The molecule has 0 aromatic carbocycles. The van der Waals surface area contributed by atoms with E-state index < -0.39 is 0 Å². The first-order chi connectivity index (χ1) is 7.29. The van der Waals surface area contributed by atoms with Crippen molar-refractivity contribution >= 4 is 0 Å². The summed E-state index contributed by atoms with van der Waals surface area (Å²) in [6.45, 7) is 12.5. The second-order valence-electron chi connectivity index (χ2n) is 7.80. The SMILES string of the molecule is CC1=CCC2(C)CCCC(C)(C)C23CC13C. The van der Waals surface area contributed by atoms with Crippen LogP contribution in [0.1, 0.15) is 66.7 Å². The molecule has 0 nitrogen and oxygen atoms in total. The Morgan fingerprint density at radius 1 is 1.06 bits per heavy atom. The second kappa shape index (κ2) is 2.60. The van der Waals surface area contributed by atoms with Gasteiger partial charge in [-0.25, -0.2) is 0 Å². The van der Waals surface area contributed by atoms with Crippen LogP contribution in [0.5, 0.6) is 0 Å². The highest BCUT2D eigenvalue weighted by Crippen LogP contribution is 2.86. The van der Waals surface area contributed by atoms with E-state index in [2.05, 4.69) is 40.7 Å². The summed E-state index contributed by atoms with van der Waals surface area (Å²) in [4.78, 5) is 0. The average Bonchev–Trinajstić information content (AvgIpc) is 2.83. The fourth-order valence-electron chi connectivity index (χ4n) is 5.87. The summed E-state index contributed by atoms with van der Waals surface area (Å²) >= 11 is 0. The summed E-state index contributed by atoms with van der Waals surface area (Å²) in [6.07, 6.45) is 9.66. The first-order valence-corrected chi connectivity index (χ1v) is 6.96. The van der Waals surface area contributed by atoms with Gasteiger partial charge in [0.2, 0.25) is 0 Å². The maximum Gasteiger partial charge on any atom is -0.00460 e. The largest absolute Gasteiger partial charge is 0.0845 e. The third kappa shape index (κ3) is 0.866. The Morgan fingerprint density at radius 2 is 1.75 bits per heavy atom. The summed E-state index contributed by atoms with van der Waals surface area (Å²) in [5.41, 5.74) is 3.96. The van der Waals surface area contributed by atoms with E-state index in [1.165, 1.54) is 32.1 Å². The van der Waals surface area contributed by atoms with Crippen LogP contribution in [0.25, 0.3) is 0 Å². The molecule has 0 heterocycles. The van der Waals surface area contributed by atoms with E-state index in [-0.39, 0.29) is 0 Å². The highest BCUT2D eigenvalue weighted by atomic mass is 14.8. The van der Waals surface area contributed by atoms with Crippen molar-refractivity contribution in [2.45, 2.75) is 66.7 Å². The molecule has 90 valence electrons. The fourth-order valence-corrected chi connectivity index (χ4v) is 5.87. The smallest absolute Gasteiger partial charge is 0.00460 e. The van der Waals surface area contributed by atoms with Gasteiger partial charge in [-0.05, 0) is 54.3 Å². The van der Waals surface area contributed by atoms with E-state index in [1.807, 2.05) is 0 Å². The molecule has 0 saturated heterocycles. The quantitative estimate of drug-likeness (QED) is 0.505. The van der Waals surface area contributed by atoms with Gasteiger partial charge in [0.25, 0.3) is 0 Å². The van der Waals surface area contributed by atoms with Gasteiger partial charge in [0.15, 0.2) is 0 Å². The van der Waals surface area contributed by atoms with Crippen molar-refractivity contribution in [2.24, 2.45) is 21.7 Å². The molecule has 0 bridgehead atoms. The zero-order valence-electron chi connectivity index (χ0n) is 11.6. The van der Waals surface area contributed by atoms with Crippen LogP contribution in [-0.2, 0) is 0 Å². The van der Waals surface area contributed by atoms with E-state index in [1.54, 1.807) is 5.57 Å². The first-order valence-electron chi connectivity index (χ1n) is 6.96. The molecule has 0 aromatic rings. The lowest BCUT2D eigenvalue weighted by Crippen LogP contribution is -2.48. The molecule has 0 aliphatic heterocycles. The summed E-state index contributed by atoms with van der Waals surface area (Å²) < 4.78 is 0. The number of hydrogen-bond donors (Lipinski definition) is 0. The highest BCUT2D eigenvalue weighted by molar-refractivity contribution is 5.39. The standard InChI is InChI=1S/C16H26/c1-12-7-10-14(4)9-6-8-13(2,3)16(14)11-15(12,16)5/h7H,6,8-11H2,1-5H3. The van der Waals surface area contributed by atoms with Crippen molar-refractivity contribution < 1.29 is 0 Å². The number of rotatable bonds is 0. The predicted molar refractivity (Wildman–Crippen MR) is 69.3 cm³/mol. The molecule has 0 aromatic heterocycles. The van der Waals surface area contributed by atoms with E-state index in [0.29, 0.717) is 21.7 Å². The van der Waals surface area contributed by atoms with Gasteiger partial charge in [-0.1, -0.05) is 45.8 Å². The molecule has 2 saturated carbocycles. The molecule has 0 amide bonds. The molecule has 0 radical (unpaired) electrons. The topological polar surface area (TPSA) is 0 Å². The molecular formula is C16H26. The van der Waals surface area contributed by atoms with Gasteiger partial charge in [0.05, 0.1) is 0 Å². The number of hydrogen-bond acceptors (Lipinski definition) is 0. The zero-order chi connectivity index (χ0) is 11.8. The molecule has 3 unspecified atom stereocenters. The lowest BCUT2D eigenvalue weighted by molar-refractivity contribution is -0.0502. The molecule has 3 aliphatic rings. The highest BCUT2D eigenvalue weighted by Gasteiger charge is 2.78. The van der Waals surface area contributed by atoms with Crippen LogP contribution in [0.15, 0.2) is 11.6 Å². The average molecular weight is 218 g/mol. The molecule has 1 spiro atoms. The zero-order valence-corrected chi connectivity index (χ0v) is 11.6. The minimum Gasteiger partial charge on any atom is -0.0845 e. The minimum absolute atomic E-state index is 0.532. The molecule has 16 heavy (non-hydrogen) atoms.